The van der Waals surface area contributed by atoms with Crippen LogP contribution in [0.15, 0.2) is 36.9 Å². The van der Waals surface area contributed by atoms with Gasteiger partial charge in [0.1, 0.15) is 0 Å². The number of hydrogen-bond acceptors (Lipinski definition) is 1. The molecule has 0 fully saturated rings. The molecule has 0 atom stereocenters. The Labute approximate surface area is 111 Å². The number of benzene rings is 1. The highest BCUT2D eigenvalue weighted by Gasteiger charge is 2.04. The number of ketones is 1. The molecule has 0 radical (unpaired) electrons. The summed E-state index contributed by atoms with van der Waals surface area (Å²) >= 11 is 2.24. The summed E-state index contributed by atoms with van der Waals surface area (Å²) in [6.45, 7) is 3.68. The first-order chi connectivity index (χ1) is 7.74. The van der Waals surface area contributed by atoms with Crippen molar-refractivity contribution in [1.82, 2.24) is 0 Å². The molecule has 0 amide bonds. The Hall–Kier alpha value is -0.640. The maximum atomic E-state index is 11.8. The number of Topliss-reactive ketones (excluding diaryl/α,β-unsaturated/α-hetero) is 1. The summed E-state index contributed by atoms with van der Waals surface area (Å²) < 4.78 is 1.17. The summed E-state index contributed by atoms with van der Waals surface area (Å²) in [6, 6.07) is 7.78. The maximum Gasteiger partial charge on any atom is 0.162 e. The van der Waals surface area contributed by atoms with Crippen LogP contribution in [0.4, 0.5) is 0 Å². The third-order valence-electron chi connectivity index (χ3n) is 2.48. The average Bonchev–Trinajstić information content (AvgIpc) is 2.29. The van der Waals surface area contributed by atoms with Crippen LogP contribution in [0.2, 0.25) is 0 Å². The number of halogens is 1. The van der Waals surface area contributed by atoms with Gasteiger partial charge in [-0.2, -0.15) is 0 Å². The Morgan fingerprint density at radius 2 is 1.88 bits per heavy atom. The topological polar surface area (TPSA) is 17.1 Å². The van der Waals surface area contributed by atoms with E-state index in [1.165, 1.54) is 3.57 Å². The molecule has 0 bridgehead atoms. The Balaban J connectivity index is 2.29. The van der Waals surface area contributed by atoms with Crippen LogP contribution >= 0.6 is 22.6 Å². The van der Waals surface area contributed by atoms with E-state index in [0.29, 0.717) is 6.42 Å². The average molecular weight is 328 g/mol. The second-order valence-corrected chi connectivity index (χ2v) is 5.06. The lowest BCUT2D eigenvalue weighted by atomic mass is 10.0. The van der Waals surface area contributed by atoms with Crippen LogP contribution in [0.3, 0.4) is 0 Å². The summed E-state index contributed by atoms with van der Waals surface area (Å²) in [5.74, 6) is 0.259. The first kappa shape index (κ1) is 13.4. The first-order valence-electron chi connectivity index (χ1n) is 5.63. The van der Waals surface area contributed by atoms with Crippen molar-refractivity contribution in [1.29, 1.82) is 0 Å². The minimum absolute atomic E-state index is 0.259. The van der Waals surface area contributed by atoms with E-state index in [1.807, 2.05) is 30.3 Å². The monoisotopic (exact) mass is 328 g/mol. The van der Waals surface area contributed by atoms with Crippen LogP contribution in [-0.4, -0.2) is 5.78 Å². The van der Waals surface area contributed by atoms with Crippen molar-refractivity contribution in [2.75, 3.05) is 0 Å². The maximum absolute atomic E-state index is 11.8. The van der Waals surface area contributed by atoms with E-state index in [1.54, 1.807) is 0 Å². The molecular formula is C14H17IO. The minimum Gasteiger partial charge on any atom is -0.294 e. The van der Waals surface area contributed by atoms with Gasteiger partial charge in [-0.1, -0.05) is 24.6 Å². The molecule has 16 heavy (non-hydrogen) atoms. The van der Waals surface area contributed by atoms with Crippen LogP contribution in [0.5, 0.6) is 0 Å². The van der Waals surface area contributed by atoms with Crippen molar-refractivity contribution in [3.63, 3.8) is 0 Å². The third kappa shape index (κ3) is 4.92. The molecule has 1 nitrogen and oxygen atoms in total. The van der Waals surface area contributed by atoms with Crippen LogP contribution in [0.1, 0.15) is 42.5 Å². The molecule has 0 heterocycles. The fourth-order valence-corrected chi connectivity index (χ4v) is 1.89. The molecule has 0 spiro atoms. The van der Waals surface area contributed by atoms with Crippen LogP contribution < -0.4 is 0 Å². The molecular weight excluding hydrogens is 311 g/mol. The number of rotatable bonds is 7. The van der Waals surface area contributed by atoms with Gasteiger partial charge in [-0.05, 0) is 54.0 Å². The van der Waals surface area contributed by atoms with Gasteiger partial charge >= 0.3 is 0 Å². The van der Waals surface area contributed by atoms with Crippen molar-refractivity contribution in [2.45, 2.75) is 32.1 Å². The summed E-state index contributed by atoms with van der Waals surface area (Å²) in [5, 5.41) is 0. The van der Waals surface area contributed by atoms with Crippen molar-refractivity contribution in [3.8, 4) is 0 Å². The van der Waals surface area contributed by atoms with E-state index in [9.17, 15) is 4.79 Å². The Morgan fingerprint density at radius 1 is 1.19 bits per heavy atom. The normalized spacial score (nSPS) is 10.1. The molecule has 0 aliphatic heterocycles. The molecule has 0 saturated carbocycles. The van der Waals surface area contributed by atoms with Crippen molar-refractivity contribution >= 4 is 28.4 Å². The molecule has 1 aromatic carbocycles. The zero-order valence-electron chi connectivity index (χ0n) is 9.42. The smallest absolute Gasteiger partial charge is 0.162 e. The van der Waals surface area contributed by atoms with Gasteiger partial charge in [-0.15, -0.1) is 6.58 Å². The molecule has 2 heteroatoms. The highest BCUT2D eigenvalue weighted by atomic mass is 127. The number of hydrogen-bond donors (Lipinski definition) is 0. The second-order valence-electron chi connectivity index (χ2n) is 3.82. The number of unbranched alkanes of at least 4 members (excludes halogenated alkanes) is 3. The van der Waals surface area contributed by atoms with Crippen LogP contribution in [0.25, 0.3) is 0 Å². The molecule has 0 N–H and O–H groups in total. The molecule has 0 aliphatic carbocycles. The molecule has 0 aromatic heterocycles. The third-order valence-corrected chi connectivity index (χ3v) is 3.20. The van der Waals surface area contributed by atoms with E-state index in [4.69, 9.17) is 0 Å². The van der Waals surface area contributed by atoms with E-state index in [-0.39, 0.29) is 5.78 Å². The Bertz CT molecular complexity index is 340. The lowest BCUT2D eigenvalue weighted by Crippen LogP contribution is -1.98. The van der Waals surface area contributed by atoms with E-state index >= 15 is 0 Å². The minimum atomic E-state index is 0.259. The van der Waals surface area contributed by atoms with Gasteiger partial charge in [0, 0.05) is 15.6 Å². The lowest BCUT2D eigenvalue weighted by Gasteiger charge is -2.01. The predicted molar refractivity (Wildman–Crippen MR) is 76.8 cm³/mol. The van der Waals surface area contributed by atoms with Gasteiger partial charge in [0.25, 0.3) is 0 Å². The molecule has 1 rings (SSSR count). The SMILES string of the molecule is C=CCCCCCC(=O)c1ccc(I)cc1. The van der Waals surface area contributed by atoms with Gasteiger partial charge in [0.15, 0.2) is 5.78 Å². The van der Waals surface area contributed by atoms with Gasteiger partial charge in [0.05, 0.1) is 0 Å². The number of carbonyl (C=O) groups excluding carboxylic acids is 1. The zero-order valence-corrected chi connectivity index (χ0v) is 11.6. The molecule has 0 saturated heterocycles. The molecule has 1 aromatic rings. The largest absolute Gasteiger partial charge is 0.294 e. The second kappa shape index (κ2) is 7.60. The van der Waals surface area contributed by atoms with Gasteiger partial charge in [-0.25, -0.2) is 0 Å². The van der Waals surface area contributed by atoms with E-state index in [0.717, 1.165) is 31.2 Å². The summed E-state index contributed by atoms with van der Waals surface area (Å²) in [5.41, 5.74) is 0.837. The molecule has 86 valence electrons. The van der Waals surface area contributed by atoms with Crippen LogP contribution in [-0.2, 0) is 0 Å². The van der Waals surface area contributed by atoms with Crippen molar-refractivity contribution in [2.24, 2.45) is 0 Å². The van der Waals surface area contributed by atoms with Crippen LogP contribution in [0, 0.1) is 3.57 Å². The van der Waals surface area contributed by atoms with Crippen molar-refractivity contribution in [3.05, 3.63) is 46.1 Å². The summed E-state index contributed by atoms with van der Waals surface area (Å²) in [7, 11) is 0. The van der Waals surface area contributed by atoms with Gasteiger partial charge < -0.3 is 0 Å². The fourth-order valence-electron chi connectivity index (χ4n) is 1.53. The summed E-state index contributed by atoms with van der Waals surface area (Å²) in [4.78, 5) is 11.8. The van der Waals surface area contributed by atoms with E-state index < -0.39 is 0 Å². The van der Waals surface area contributed by atoms with Crippen molar-refractivity contribution < 1.29 is 4.79 Å². The standard InChI is InChI=1S/C14H17IO/c1-2-3-4-5-6-7-14(16)12-8-10-13(15)11-9-12/h2,8-11H,1,3-7H2. The summed E-state index contributed by atoms with van der Waals surface area (Å²) in [6.07, 6.45) is 6.89. The Morgan fingerprint density at radius 3 is 2.50 bits per heavy atom. The highest BCUT2D eigenvalue weighted by molar-refractivity contribution is 14.1. The van der Waals surface area contributed by atoms with Gasteiger partial charge in [-0.3, -0.25) is 4.79 Å². The molecule has 0 aliphatic rings. The van der Waals surface area contributed by atoms with E-state index in [2.05, 4.69) is 29.2 Å². The number of carbonyl (C=O) groups is 1. The quantitative estimate of drug-likeness (QED) is 0.309. The van der Waals surface area contributed by atoms with Gasteiger partial charge in [0.2, 0.25) is 0 Å². The fraction of sp³-hybridized carbons (Fsp3) is 0.357. The first-order valence-corrected chi connectivity index (χ1v) is 6.71. The Kier molecular flexibility index (Phi) is 6.38. The number of allylic oxidation sites excluding steroid dienone is 1. The predicted octanol–water partition coefficient (Wildman–Crippen LogP) is 4.61. The zero-order chi connectivity index (χ0) is 11.8. The molecule has 0 unspecified atom stereocenters. The lowest BCUT2D eigenvalue weighted by molar-refractivity contribution is 0.0979. The highest BCUT2D eigenvalue weighted by Crippen LogP contribution is 2.11.